The number of likely N-dealkylation sites (N-methyl/N-ethyl adjacent to an activating group) is 1. The SMILES string of the molecule is CN1CCc2cc([C@@H](CNC(=O)C(=O)NCc3ccccc3Cl)N3CCOCC3)ccc21. The summed E-state index contributed by atoms with van der Waals surface area (Å²) < 4.78 is 5.51. The molecular formula is C24H29ClN4O3. The second-order valence-electron chi connectivity index (χ2n) is 8.21. The van der Waals surface area contributed by atoms with Crippen LogP contribution in [0.2, 0.25) is 5.02 Å². The van der Waals surface area contributed by atoms with Crippen LogP contribution in [0.25, 0.3) is 0 Å². The molecule has 1 fully saturated rings. The largest absolute Gasteiger partial charge is 0.379 e. The molecule has 0 bridgehead atoms. The van der Waals surface area contributed by atoms with E-state index in [-0.39, 0.29) is 12.6 Å². The number of rotatable bonds is 6. The number of carbonyl (C=O) groups is 2. The topological polar surface area (TPSA) is 73.9 Å². The molecule has 2 aromatic rings. The van der Waals surface area contributed by atoms with Crippen LogP contribution in [0.4, 0.5) is 5.69 Å². The Balaban J connectivity index is 1.40. The summed E-state index contributed by atoms with van der Waals surface area (Å²) in [4.78, 5) is 29.4. The molecule has 0 spiro atoms. The van der Waals surface area contributed by atoms with E-state index in [2.05, 4.69) is 45.7 Å². The number of hydrogen-bond acceptors (Lipinski definition) is 5. The molecule has 2 aromatic carbocycles. The Bertz CT molecular complexity index is 977. The number of anilines is 1. The zero-order valence-corrected chi connectivity index (χ0v) is 19.0. The van der Waals surface area contributed by atoms with Crippen molar-refractivity contribution in [3.05, 3.63) is 64.2 Å². The van der Waals surface area contributed by atoms with Crippen LogP contribution >= 0.6 is 11.6 Å². The molecule has 8 heteroatoms. The highest BCUT2D eigenvalue weighted by atomic mass is 35.5. The van der Waals surface area contributed by atoms with Gasteiger partial charge in [0.1, 0.15) is 0 Å². The van der Waals surface area contributed by atoms with E-state index in [1.165, 1.54) is 11.3 Å². The molecule has 2 aliphatic rings. The summed E-state index contributed by atoms with van der Waals surface area (Å²) >= 11 is 6.12. The van der Waals surface area contributed by atoms with Gasteiger partial charge in [0.15, 0.2) is 0 Å². The van der Waals surface area contributed by atoms with Crippen LogP contribution in [0, 0.1) is 0 Å². The predicted octanol–water partition coefficient (Wildman–Crippen LogP) is 2.14. The second-order valence-corrected chi connectivity index (χ2v) is 8.62. The molecule has 0 aromatic heterocycles. The standard InChI is InChI=1S/C24H29ClN4O3/c1-28-9-8-18-14-17(6-7-21(18)28)22(29-10-12-32-13-11-29)16-27-24(31)23(30)26-15-19-4-2-3-5-20(19)25/h2-7,14,22H,8-13,15-16H2,1H3,(H,26,30)(H,27,31)/t22-/m1/s1. The summed E-state index contributed by atoms with van der Waals surface area (Å²) in [5, 5.41) is 6.03. The van der Waals surface area contributed by atoms with Crippen LogP contribution in [0.3, 0.4) is 0 Å². The van der Waals surface area contributed by atoms with E-state index in [1.54, 1.807) is 6.07 Å². The van der Waals surface area contributed by atoms with Crippen molar-refractivity contribution >= 4 is 29.1 Å². The highest BCUT2D eigenvalue weighted by molar-refractivity contribution is 6.35. The summed E-state index contributed by atoms with van der Waals surface area (Å²) in [5.74, 6) is -1.31. The normalized spacial score (nSPS) is 17.0. The predicted molar refractivity (Wildman–Crippen MR) is 125 cm³/mol. The highest BCUT2D eigenvalue weighted by Gasteiger charge is 2.26. The van der Waals surface area contributed by atoms with Crippen molar-refractivity contribution in [1.29, 1.82) is 0 Å². The molecule has 0 radical (unpaired) electrons. The van der Waals surface area contributed by atoms with Crippen molar-refractivity contribution in [3.63, 3.8) is 0 Å². The van der Waals surface area contributed by atoms with E-state index in [0.717, 1.165) is 37.2 Å². The number of benzene rings is 2. The first-order valence-electron chi connectivity index (χ1n) is 11.0. The molecule has 32 heavy (non-hydrogen) atoms. The Morgan fingerprint density at radius 2 is 1.81 bits per heavy atom. The van der Waals surface area contributed by atoms with Gasteiger partial charge in [-0.15, -0.1) is 0 Å². The molecular weight excluding hydrogens is 428 g/mol. The minimum atomic E-state index is -0.666. The van der Waals surface area contributed by atoms with Gasteiger partial charge in [-0.3, -0.25) is 14.5 Å². The van der Waals surface area contributed by atoms with Crippen LogP contribution in [0.15, 0.2) is 42.5 Å². The fraction of sp³-hybridized carbons (Fsp3) is 0.417. The van der Waals surface area contributed by atoms with E-state index >= 15 is 0 Å². The molecule has 7 nitrogen and oxygen atoms in total. The molecule has 170 valence electrons. The van der Waals surface area contributed by atoms with Gasteiger partial charge in [-0.1, -0.05) is 41.9 Å². The number of hydrogen-bond donors (Lipinski definition) is 2. The van der Waals surface area contributed by atoms with Crippen molar-refractivity contribution in [2.24, 2.45) is 0 Å². The fourth-order valence-corrected chi connectivity index (χ4v) is 4.51. The second kappa shape index (κ2) is 10.3. The van der Waals surface area contributed by atoms with E-state index in [9.17, 15) is 9.59 Å². The number of amides is 2. The van der Waals surface area contributed by atoms with Crippen molar-refractivity contribution < 1.29 is 14.3 Å². The Morgan fingerprint density at radius 3 is 2.59 bits per heavy atom. The lowest BCUT2D eigenvalue weighted by Crippen LogP contribution is -2.46. The molecule has 2 heterocycles. The first-order valence-corrected chi connectivity index (χ1v) is 11.4. The number of halogens is 1. The van der Waals surface area contributed by atoms with E-state index in [1.807, 2.05) is 18.2 Å². The summed E-state index contributed by atoms with van der Waals surface area (Å²) in [6, 6.07) is 13.7. The van der Waals surface area contributed by atoms with Crippen LogP contribution in [0.5, 0.6) is 0 Å². The van der Waals surface area contributed by atoms with Crippen molar-refractivity contribution in [3.8, 4) is 0 Å². The molecule has 2 amide bonds. The first-order chi connectivity index (χ1) is 15.5. The summed E-state index contributed by atoms with van der Waals surface area (Å²) in [5.41, 5.74) is 4.51. The summed E-state index contributed by atoms with van der Waals surface area (Å²) in [6.45, 7) is 4.48. The van der Waals surface area contributed by atoms with Gasteiger partial charge in [0.05, 0.1) is 19.3 Å². The van der Waals surface area contributed by atoms with Crippen LogP contribution < -0.4 is 15.5 Å². The third-order valence-corrected chi connectivity index (χ3v) is 6.53. The number of nitrogens with zero attached hydrogens (tertiary/aromatic N) is 2. The molecule has 1 atom stereocenters. The van der Waals surface area contributed by atoms with Crippen molar-refractivity contribution in [2.75, 3.05) is 51.3 Å². The minimum Gasteiger partial charge on any atom is -0.379 e. The van der Waals surface area contributed by atoms with Crippen LogP contribution in [-0.2, 0) is 27.3 Å². The first kappa shape index (κ1) is 22.6. The lowest BCUT2D eigenvalue weighted by molar-refractivity contribution is -0.139. The Labute approximate surface area is 193 Å². The lowest BCUT2D eigenvalue weighted by Gasteiger charge is -2.35. The highest BCUT2D eigenvalue weighted by Crippen LogP contribution is 2.31. The van der Waals surface area contributed by atoms with Crippen LogP contribution in [0.1, 0.15) is 22.7 Å². The third kappa shape index (κ3) is 5.23. The quantitative estimate of drug-likeness (QED) is 0.651. The summed E-state index contributed by atoms with van der Waals surface area (Å²) in [6.07, 6.45) is 1.02. The Kier molecular flexibility index (Phi) is 7.29. The van der Waals surface area contributed by atoms with Gasteiger partial charge in [-0.05, 0) is 35.2 Å². The van der Waals surface area contributed by atoms with E-state index < -0.39 is 11.8 Å². The summed E-state index contributed by atoms with van der Waals surface area (Å²) in [7, 11) is 2.10. The van der Waals surface area contributed by atoms with Gasteiger partial charge >= 0.3 is 11.8 Å². The van der Waals surface area contributed by atoms with Gasteiger partial charge in [-0.25, -0.2) is 0 Å². The van der Waals surface area contributed by atoms with Gasteiger partial charge in [0.2, 0.25) is 0 Å². The van der Waals surface area contributed by atoms with Gasteiger partial charge in [0.25, 0.3) is 0 Å². The van der Waals surface area contributed by atoms with Gasteiger partial charge in [-0.2, -0.15) is 0 Å². The number of ether oxygens (including phenoxy) is 1. The monoisotopic (exact) mass is 456 g/mol. The molecule has 0 unspecified atom stereocenters. The molecule has 0 saturated carbocycles. The maximum Gasteiger partial charge on any atom is 0.309 e. The molecule has 1 saturated heterocycles. The Morgan fingerprint density at radius 1 is 1.06 bits per heavy atom. The lowest BCUT2D eigenvalue weighted by atomic mass is 10.0. The molecule has 2 aliphatic heterocycles. The van der Waals surface area contributed by atoms with E-state index in [4.69, 9.17) is 16.3 Å². The van der Waals surface area contributed by atoms with Crippen molar-refractivity contribution in [2.45, 2.75) is 19.0 Å². The van der Waals surface area contributed by atoms with Crippen LogP contribution in [-0.4, -0.2) is 63.2 Å². The maximum absolute atomic E-state index is 12.5. The smallest absolute Gasteiger partial charge is 0.309 e. The number of nitrogens with one attached hydrogen (secondary N) is 2. The zero-order valence-electron chi connectivity index (χ0n) is 18.3. The fourth-order valence-electron chi connectivity index (χ4n) is 4.31. The molecule has 0 aliphatic carbocycles. The van der Waals surface area contributed by atoms with Crippen molar-refractivity contribution in [1.82, 2.24) is 15.5 Å². The molecule has 2 N–H and O–H groups in total. The third-order valence-electron chi connectivity index (χ3n) is 6.16. The maximum atomic E-state index is 12.5. The average molecular weight is 457 g/mol. The number of carbonyl (C=O) groups excluding carboxylic acids is 2. The number of morpholine rings is 1. The Hall–Kier alpha value is -2.61. The molecule has 4 rings (SSSR count). The number of fused-ring (bicyclic) bond motifs is 1. The minimum absolute atomic E-state index is 0.0181. The zero-order chi connectivity index (χ0) is 22.5. The van der Waals surface area contributed by atoms with Gasteiger partial charge in [0, 0.05) is 50.5 Å². The average Bonchev–Trinajstić information content (AvgIpc) is 3.19. The van der Waals surface area contributed by atoms with E-state index in [0.29, 0.717) is 24.8 Å². The van der Waals surface area contributed by atoms with Gasteiger partial charge < -0.3 is 20.3 Å².